The Morgan fingerprint density at radius 3 is 2.00 bits per heavy atom. The quantitative estimate of drug-likeness (QED) is 0.557. The minimum absolute atomic E-state index is 0.253. The Kier molecular flexibility index (Phi) is 2.76. The molecule has 2 nitrogen and oxygen atoms in total. The number of halogens is 4. The van der Waals surface area contributed by atoms with Crippen molar-refractivity contribution in [3.63, 3.8) is 0 Å². The Labute approximate surface area is 90.0 Å². The standard InChI is InChI=1S/C6H6Cl4O2/c1-2-12-4(11)3-5(7,8)6(3,9)10/h3H,2H2,1H3. The predicted molar refractivity (Wildman–Crippen MR) is 49.0 cm³/mol. The number of carbonyl (C=O) groups excluding carboxylic acids is 1. The van der Waals surface area contributed by atoms with Crippen molar-refractivity contribution in [1.82, 2.24) is 0 Å². The zero-order valence-corrected chi connectivity index (χ0v) is 9.14. The van der Waals surface area contributed by atoms with Crippen molar-refractivity contribution in [3.8, 4) is 0 Å². The van der Waals surface area contributed by atoms with E-state index in [2.05, 4.69) is 4.74 Å². The minimum Gasteiger partial charge on any atom is -0.466 e. The molecule has 1 aliphatic rings. The van der Waals surface area contributed by atoms with Gasteiger partial charge in [-0.3, -0.25) is 4.79 Å². The minimum atomic E-state index is -1.41. The highest BCUT2D eigenvalue weighted by Crippen LogP contribution is 2.69. The molecule has 0 amide bonds. The lowest BCUT2D eigenvalue weighted by atomic mass is 10.4. The highest BCUT2D eigenvalue weighted by molar-refractivity contribution is 6.69. The fraction of sp³-hybridized carbons (Fsp3) is 0.833. The summed E-state index contributed by atoms with van der Waals surface area (Å²) >= 11 is 22.5. The number of hydrogen-bond donors (Lipinski definition) is 0. The highest BCUT2D eigenvalue weighted by atomic mass is 35.5. The molecule has 0 saturated heterocycles. The largest absolute Gasteiger partial charge is 0.466 e. The highest BCUT2D eigenvalue weighted by Gasteiger charge is 2.79. The second-order valence-electron chi connectivity index (χ2n) is 2.43. The van der Waals surface area contributed by atoms with E-state index >= 15 is 0 Å². The van der Waals surface area contributed by atoms with Crippen LogP contribution in [-0.2, 0) is 9.53 Å². The van der Waals surface area contributed by atoms with Crippen LogP contribution in [0.4, 0.5) is 0 Å². The first-order valence-electron chi connectivity index (χ1n) is 3.28. The molecule has 70 valence electrons. The molecule has 0 aromatic rings. The summed E-state index contributed by atoms with van der Waals surface area (Å²) in [5.74, 6) is -1.41. The molecule has 6 heteroatoms. The van der Waals surface area contributed by atoms with Crippen LogP contribution < -0.4 is 0 Å². The number of alkyl halides is 4. The summed E-state index contributed by atoms with van der Waals surface area (Å²) < 4.78 is 1.83. The van der Waals surface area contributed by atoms with Crippen LogP contribution in [0.1, 0.15) is 6.92 Å². The van der Waals surface area contributed by atoms with Crippen LogP contribution >= 0.6 is 46.4 Å². The monoisotopic (exact) mass is 250 g/mol. The molecule has 0 aromatic heterocycles. The number of esters is 1. The first-order valence-corrected chi connectivity index (χ1v) is 4.79. The maximum Gasteiger partial charge on any atom is 0.315 e. The summed E-state index contributed by atoms with van der Waals surface area (Å²) in [7, 11) is 0. The zero-order valence-electron chi connectivity index (χ0n) is 6.11. The summed E-state index contributed by atoms with van der Waals surface area (Å²) in [4.78, 5) is 11.1. The third-order valence-corrected chi connectivity index (χ3v) is 4.06. The molecule has 0 aliphatic heterocycles. The maximum absolute atomic E-state index is 11.1. The van der Waals surface area contributed by atoms with E-state index in [1.165, 1.54) is 0 Å². The Morgan fingerprint density at radius 1 is 1.33 bits per heavy atom. The Hall–Kier alpha value is 0.630. The Morgan fingerprint density at radius 2 is 1.75 bits per heavy atom. The van der Waals surface area contributed by atoms with Gasteiger partial charge in [0.15, 0.2) is 8.67 Å². The molecule has 0 spiro atoms. The smallest absolute Gasteiger partial charge is 0.315 e. The molecule has 0 aromatic carbocycles. The van der Waals surface area contributed by atoms with E-state index in [-0.39, 0.29) is 6.61 Å². The van der Waals surface area contributed by atoms with Crippen LogP contribution in [0.2, 0.25) is 0 Å². The van der Waals surface area contributed by atoms with Gasteiger partial charge >= 0.3 is 5.97 Å². The van der Waals surface area contributed by atoms with E-state index in [0.717, 1.165) is 0 Å². The Balaban J connectivity index is 2.64. The fourth-order valence-corrected chi connectivity index (χ4v) is 2.32. The molecule has 1 saturated carbocycles. The van der Waals surface area contributed by atoms with E-state index < -0.39 is 20.6 Å². The second kappa shape index (κ2) is 3.09. The van der Waals surface area contributed by atoms with E-state index in [9.17, 15) is 4.79 Å². The first kappa shape index (κ1) is 10.7. The predicted octanol–water partition coefficient (Wildman–Crippen LogP) is 2.53. The van der Waals surface area contributed by atoms with Gasteiger partial charge in [-0.05, 0) is 6.92 Å². The molecule has 12 heavy (non-hydrogen) atoms. The molecule has 0 bridgehead atoms. The fourth-order valence-electron chi connectivity index (χ4n) is 0.864. The van der Waals surface area contributed by atoms with Gasteiger partial charge in [0.1, 0.15) is 5.92 Å². The van der Waals surface area contributed by atoms with Gasteiger partial charge in [0.05, 0.1) is 6.61 Å². The van der Waals surface area contributed by atoms with Crippen molar-refractivity contribution >= 4 is 52.4 Å². The van der Waals surface area contributed by atoms with E-state index in [0.29, 0.717) is 0 Å². The first-order chi connectivity index (χ1) is 5.35. The summed E-state index contributed by atoms with van der Waals surface area (Å²) in [6, 6.07) is 0. The molecule has 0 N–H and O–H groups in total. The number of rotatable bonds is 2. The lowest BCUT2D eigenvalue weighted by Gasteiger charge is -1.98. The van der Waals surface area contributed by atoms with Gasteiger partial charge in [0.2, 0.25) is 0 Å². The van der Waals surface area contributed by atoms with Gasteiger partial charge in [0.25, 0.3) is 0 Å². The molecule has 0 heterocycles. The summed E-state index contributed by atoms with van der Waals surface area (Å²) in [6.07, 6.45) is 0. The average Bonchev–Trinajstić information content (AvgIpc) is 2.24. The molecule has 0 unspecified atom stereocenters. The van der Waals surface area contributed by atoms with Crippen molar-refractivity contribution in [2.24, 2.45) is 5.92 Å². The van der Waals surface area contributed by atoms with E-state index in [4.69, 9.17) is 46.4 Å². The van der Waals surface area contributed by atoms with Gasteiger partial charge in [-0.2, -0.15) is 0 Å². The van der Waals surface area contributed by atoms with Crippen molar-refractivity contribution in [3.05, 3.63) is 0 Å². The van der Waals surface area contributed by atoms with Crippen LogP contribution in [0.3, 0.4) is 0 Å². The third kappa shape index (κ3) is 1.39. The van der Waals surface area contributed by atoms with Crippen LogP contribution in [0.25, 0.3) is 0 Å². The topological polar surface area (TPSA) is 26.3 Å². The summed E-state index contributed by atoms with van der Waals surface area (Å²) in [6.45, 7) is 1.93. The van der Waals surface area contributed by atoms with Gasteiger partial charge in [0, 0.05) is 0 Å². The number of hydrogen-bond acceptors (Lipinski definition) is 2. The van der Waals surface area contributed by atoms with E-state index in [1.807, 2.05) is 0 Å². The Bertz CT molecular complexity index is 200. The average molecular weight is 252 g/mol. The van der Waals surface area contributed by atoms with Crippen molar-refractivity contribution < 1.29 is 9.53 Å². The molecular weight excluding hydrogens is 246 g/mol. The van der Waals surface area contributed by atoms with Crippen LogP contribution in [0.15, 0.2) is 0 Å². The summed E-state index contributed by atoms with van der Waals surface area (Å²) in [5, 5.41) is 0. The second-order valence-corrected chi connectivity index (χ2v) is 5.20. The van der Waals surface area contributed by atoms with Gasteiger partial charge in [-0.25, -0.2) is 0 Å². The van der Waals surface area contributed by atoms with Gasteiger partial charge < -0.3 is 4.74 Å². The van der Waals surface area contributed by atoms with Crippen LogP contribution in [0.5, 0.6) is 0 Å². The molecule has 0 radical (unpaired) electrons. The van der Waals surface area contributed by atoms with Crippen molar-refractivity contribution in [2.75, 3.05) is 6.61 Å². The SMILES string of the molecule is CCOC(=O)C1C(Cl)(Cl)C1(Cl)Cl. The number of carbonyl (C=O) groups is 1. The molecule has 1 aliphatic carbocycles. The zero-order chi connectivity index (χ0) is 9.57. The molecule has 1 rings (SSSR count). The lowest BCUT2D eigenvalue weighted by Crippen LogP contribution is -2.11. The third-order valence-electron chi connectivity index (χ3n) is 1.61. The van der Waals surface area contributed by atoms with E-state index in [1.54, 1.807) is 6.92 Å². The normalized spacial score (nSPS) is 25.1. The molecular formula is C6H6Cl4O2. The van der Waals surface area contributed by atoms with Crippen molar-refractivity contribution in [2.45, 2.75) is 15.6 Å². The van der Waals surface area contributed by atoms with Crippen LogP contribution in [-0.4, -0.2) is 21.2 Å². The maximum atomic E-state index is 11.1. The van der Waals surface area contributed by atoms with Gasteiger partial charge in [-0.1, -0.05) is 46.4 Å². The summed E-state index contributed by atoms with van der Waals surface area (Å²) in [5.41, 5.74) is 0. The number of ether oxygens (including phenoxy) is 1. The van der Waals surface area contributed by atoms with Gasteiger partial charge in [-0.15, -0.1) is 0 Å². The molecule has 0 atom stereocenters. The molecule has 1 fully saturated rings. The van der Waals surface area contributed by atoms with Crippen LogP contribution in [0, 0.1) is 5.92 Å². The van der Waals surface area contributed by atoms with Crippen molar-refractivity contribution in [1.29, 1.82) is 0 Å². The lowest BCUT2D eigenvalue weighted by molar-refractivity contribution is -0.144.